The molecule has 5 heteroatoms. The number of hydrogen-bond donors (Lipinski definition) is 2. The predicted octanol–water partition coefficient (Wildman–Crippen LogP) is 4.67. The second-order valence-electron chi connectivity index (χ2n) is 6.37. The number of furan rings is 1. The van der Waals surface area contributed by atoms with Crippen LogP contribution in [-0.4, -0.2) is 18.1 Å². The Morgan fingerprint density at radius 3 is 2.68 bits per heavy atom. The molecular weight excluding hydrogens is 354 g/mol. The van der Waals surface area contributed by atoms with E-state index in [0.717, 1.165) is 10.8 Å². The van der Waals surface area contributed by atoms with Crippen LogP contribution in [-0.2, 0) is 0 Å². The second-order valence-corrected chi connectivity index (χ2v) is 6.37. The van der Waals surface area contributed by atoms with Crippen molar-refractivity contribution in [3.05, 3.63) is 95.9 Å². The molecule has 0 bridgehead atoms. The third-order valence-corrected chi connectivity index (χ3v) is 4.67. The molecule has 4 aromatic rings. The number of carbonyl (C=O) groups is 1. The Balaban J connectivity index is 1.80. The number of phenols is 1. The van der Waals surface area contributed by atoms with Gasteiger partial charge in [-0.2, -0.15) is 0 Å². The molecule has 0 aliphatic heterocycles. The zero-order valence-electron chi connectivity index (χ0n) is 15.3. The summed E-state index contributed by atoms with van der Waals surface area (Å²) < 4.78 is 10.8. The number of fused-ring (bicyclic) bond motifs is 1. The third kappa shape index (κ3) is 3.30. The number of carbonyl (C=O) groups excluding carboxylic acids is 1. The number of ether oxygens (including phenoxy) is 1. The van der Waals surface area contributed by atoms with Crippen LogP contribution in [0.2, 0.25) is 0 Å². The first kappa shape index (κ1) is 17.7. The van der Waals surface area contributed by atoms with Crippen LogP contribution in [0.5, 0.6) is 11.5 Å². The molecule has 140 valence electrons. The Morgan fingerprint density at radius 1 is 1.04 bits per heavy atom. The molecule has 0 saturated heterocycles. The van der Waals surface area contributed by atoms with E-state index in [1.165, 1.54) is 0 Å². The lowest BCUT2D eigenvalue weighted by atomic mass is 9.95. The number of nitrogens with one attached hydrogen (secondary N) is 1. The van der Waals surface area contributed by atoms with E-state index in [0.29, 0.717) is 22.6 Å². The van der Waals surface area contributed by atoms with Crippen LogP contribution in [0.1, 0.15) is 27.7 Å². The zero-order valence-corrected chi connectivity index (χ0v) is 15.3. The van der Waals surface area contributed by atoms with E-state index in [-0.39, 0.29) is 11.7 Å². The van der Waals surface area contributed by atoms with Crippen molar-refractivity contribution in [1.29, 1.82) is 0 Å². The first-order valence-corrected chi connectivity index (χ1v) is 8.86. The SMILES string of the molecule is COc1cccc(C(=O)N[C@H](c2ccco2)c2c(O)ccc3ccccc23)c1. The van der Waals surface area contributed by atoms with Gasteiger partial charge in [-0.15, -0.1) is 0 Å². The summed E-state index contributed by atoms with van der Waals surface area (Å²) in [6.07, 6.45) is 1.54. The number of phenolic OH excluding ortho intramolecular Hbond substituents is 1. The maximum atomic E-state index is 12.9. The van der Waals surface area contributed by atoms with Gasteiger partial charge in [-0.25, -0.2) is 0 Å². The zero-order chi connectivity index (χ0) is 19.5. The normalized spacial score (nSPS) is 11.9. The van der Waals surface area contributed by atoms with Gasteiger partial charge in [-0.3, -0.25) is 4.79 Å². The van der Waals surface area contributed by atoms with E-state index in [4.69, 9.17) is 9.15 Å². The minimum absolute atomic E-state index is 0.0889. The van der Waals surface area contributed by atoms with E-state index >= 15 is 0 Å². The van der Waals surface area contributed by atoms with Crippen molar-refractivity contribution in [1.82, 2.24) is 5.32 Å². The maximum Gasteiger partial charge on any atom is 0.252 e. The van der Waals surface area contributed by atoms with Crippen LogP contribution < -0.4 is 10.1 Å². The minimum Gasteiger partial charge on any atom is -0.508 e. The van der Waals surface area contributed by atoms with Crippen molar-refractivity contribution in [3.8, 4) is 11.5 Å². The monoisotopic (exact) mass is 373 g/mol. The van der Waals surface area contributed by atoms with Gasteiger partial charge in [0.15, 0.2) is 0 Å². The molecule has 28 heavy (non-hydrogen) atoms. The Bertz CT molecular complexity index is 1120. The van der Waals surface area contributed by atoms with Gasteiger partial charge >= 0.3 is 0 Å². The van der Waals surface area contributed by atoms with Gasteiger partial charge < -0.3 is 19.6 Å². The first-order valence-electron chi connectivity index (χ1n) is 8.86. The van der Waals surface area contributed by atoms with Gasteiger partial charge in [0, 0.05) is 11.1 Å². The number of rotatable bonds is 5. The Hall–Kier alpha value is -3.73. The van der Waals surface area contributed by atoms with Crippen LogP contribution >= 0.6 is 0 Å². The summed E-state index contributed by atoms with van der Waals surface area (Å²) in [6, 6.07) is 21.0. The largest absolute Gasteiger partial charge is 0.508 e. The molecule has 1 atom stereocenters. The number of methoxy groups -OCH3 is 1. The fraction of sp³-hybridized carbons (Fsp3) is 0.0870. The molecule has 0 spiro atoms. The van der Waals surface area contributed by atoms with Crippen LogP contribution in [0, 0.1) is 0 Å². The highest BCUT2D eigenvalue weighted by Crippen LogP contribution is 2.36. The molecule has 0 aliphatic rings. The highest BCUT2D eigenvalue weighted by molar-refractivity contribution is 5.96. The maximum absolute atomic E-state index is 12.9. The van der Waals surface area contributed by atoms with Crippen LogP contribution in [0.3, 0.4) is 0 Å². The van der Waals surface area contributed by atoms with Crippen molar-refractivity contribution < 1.29 is 19.1 Å². The van der Waals surface area contributed by atoms with Crippen LogP contribution in [0.25, 0.3) is 10.8 Å². The van der Waals surface area contributed by atoms with Crippen molar-refractivity contribution in [2.45, 2.75) is 6.04 Å². The average Bonchev–Trinajstić information content (AvgIpc) is 3.27. The second kappa shape index (κ2) is 7.48. The lowest BCUT2D eigenvalue weighted by Crippen LogP contribution is -2.29. The summed E-state index contributed by atoms with van der Waals surface area (Å²) in [5, 5.41) is 15.4. The summed E-state index contributed by atoms with van der Waals surface area (Å²) in [5.41, 5.74) is 1.04. The smallest absolute Gasteiger partial charge is 0.252 e. The van der Waals surface area contributed by atoms with E-state index < -0.39 is 6.04 Å². The molecule has 5 nitrogen and oxygen atoms in total. The number of aromatic hydroxyl groups is 1. The Morgan fingerprint density at radius 2 is 1.89 bits per heavy atom. The quantitative estimate of drug-likeness (QED) is 0.533. The molecule has 0 radical (unpaired) electrons. The third-order valence-electron chi connectivity index (χ3n) is 4.67. The fourth-order valence-corrected chi connectivity index (χ4v) is 3.31. The molecule has 1 aromatic heterocycles. The molecule has 0 unspecified atom stereocenters. The summed E-state index contributed by atoms with van der Waals surface area (Å²) in [6.45, 7) is 0. The highest BCUT2D eigenvalue weighted by Gasteiger charge is 2.25. The van der Waals surface area contributed by atoms with E-state index in [1.54, 1.807) is 55.8 Å². The molecular formula is C23H19NO4. The van der Waals surface area contributed by atoms with Crippen molar-refractivity contribution >= 4 is 16.7 Å². The van der Waals surface area contributed by atoms with Crippen molar-refractivity contribution in [2.75, 3.05) is 7.11 Å². The molecule has 1 heterocycles. The number of amides is 1. The van der Waals surface area contributed by atoms with Gasteiger partial charge in [0.1, 0.15) is 23.3 Å². The van der Waals surface area contributed by atoms with Gasteiger partial charge in [0.2, 0.25) is 0 Å². The molecule has 3 aromatic carbocycles. The predicted molar refractivity (Wildman–Crippen MR) is 107 cm³/mol. The highest BCUT2D eigenvalue weighted by atomic mass is 16.5. The summed E-state index contributed by atoms with van der Waals surface area (Å²) in [5.74, 6) is 0.914. The Kier molecular flexibility index (Phi) is 4.72. The number of benzene rings is 3. The molecule has 1 amide bonds. The lowest BCUT2D eigenvalue weighted by molar-refractivity contribution is 0.0938. The summed E-state index contributed by atoms with van der Waals surface area (Å²) in [4.78, 5) is 12.9. The molecule has 2 N–H and O–H groups in total. The van der Waals surface area contributed by atoms with Crippen molar-refractivity contribution in [3.63, 3.8) is 0 Å². The molecule has 4 rings (SSSR count). The van der Waals surface area contributed by atoms with E-state index in [1.807, 2.05) is 30.3 Å². The van der Waals surface area contributed by atoms with Gasteiger partial charge in [-0.1, -0.05) is 36.4 Å². The van der Waals surface area contributed by atoms with Crippen molar-refractivity contribution in [2.24, 2.45) is 0 Å². The first-order chi connectivity index (χ1) is 13.7. The molecule has 0 fully saturated rings. The fourth-order valence-electron chi connectivity index (χ4n) is 3.31. The number of hydrogen-bond acceptors (Lipinski definition) is 4. The standard InChI is InChI=1S/C23H19NO4/c1-27-17-8-4-7-16(14-17)23(26)24-22(20-10-5-13-28-20)21-18-9-3-2-6-15(18)11-12-19(21)25/h2-14,22,25H,1H3,(H,24,26)/t22-/m1/s1. The van der Waals surface area contributed by atoms with E-state index in [2.05, 4.69) is 5.32 Å². The minimum atomic E-state index is -0.653. The average molecular weight is 373 g/mol. The Labute approximate surface area is 162 Å². The summed E-state index contributed by atoms with van der Waals surface area (Å²) >= 11 is 0. The van der Waals surface area contributed by atoms with Gasteiger partial charge in [0.25, 0.3) is 5.91 Å². The topological polar surface area (TPSA) is 71.7 Å². The summed E-state index contributed by atoms with van der Waals surface area (Å²) in [7, 11) is 1.55. The van der Waals surface area contributed by atoms with Crippen LogP contribution in [0.15, 0.2) is 83.5 Å². The molecule has 0 aliphatic carbocycles. The van der Waals surface area contributed by atoms with Gasteiger partial charge in [-0.05, 0) is 47.2 Å². The van der Waals surface area contributed by atoms with Crippen LogP contribution in [0.4, 0.5) is 0 Å². The van der Waals surface area contributed by atoms with E-state index in [9.17, 15) is 9.90 Å². The molecule has 0 saturated carbocycles. The lowest BCUT2D eigenvalue weighted by Gasteiger charge is -2.20. The van der Waals surface area contributed by atoms with Gasteiger partial charge in [0.05, 0.1) is 13.4 Å².